The number of fused-ring (bicyclic) bond motifs is 1. The summed E-state index contributed by atoms with van der Waals surface area (Å²) in [6.07, 6.45) is 3.52. The zero-order chi connectivity index (χ0) is 22.2. The third-order valence-electron chi connectivity index (χ3n) is 5.15. The first-order chi connectivity index (χ1) is 14.7. The molecule has 0 aliphatic carbocycles. The van der Waals surface area contributed by atoms with E-state index in [2.05, 4.69) is 25.7 Å². The summed E-state index contributed by atoms with van der Waals surface area (Å²) in [6.45, 7) is 4.38. The Kier molecular flexibility index (Phi) is 5.32. The number of aliphatic hydroxyl groups is 1. The van der Waals surface area contributed by atoms with Gasteiger partial charge in [0.2, 0.25) is 11.9 Å². The topological polar surface area (TPSA) is 108 Å². The number of likely N-dealkylation sites (N-methyl/N-ethyl adjacent to an activating group) is 1. The third-order valence-corrected chi connectivity index (χ3v) is 5.15. The summed E-state index contributed by atoms with van der Waals surface area (Å²) in [5, 5.41) is 21.1. The maximum absolute atomic E-state index is 13.1. The summed E-state index contributed by atoms with van der Waals surface area (Å²) in [5.41, 5.74) is 1.60. The van der Waals surface area contributed by atoms with E-state index < -0.39 is 5.60 Å². The largest absolute Gasteiger partial charge is 0.384 e. The van der Waals surface area contributed by atoms with Gasteiger partial charge in [-0.15, -0.1) is 0 Å². The van der Waals surface area contributed by atoms with Crippen molar-refractivity contribution in [2.45, 2.75) is 32.5 Å². The Balaban J connectivity index is 1.43. The number of halogens is 1. The average Bonchev–Trinajstić information content (AvgIpc) is 3.14. The molecule has 4 rings (SSSR count). The van der Waals surface area contributed by atoms with Crippen LogP contribution < -0.4 is 15.5 Å². The highest BCUT2D eigenvalue weighted by Crippen LogP contribution is 2.29. The molecule has 31 heavy (non-hydrogen) atoms. The Bertz CT molecular complexity index is 1110. The maximum atomic E-state index is 13.1. The number of nitrogens with one attached hydrogen (secondary N) is 2. The zero-order valence-corrected chi connectivity index (χ0v) is 17.6. The van der Waals surface area contributed by atoms with Crippen molar-refractivity contribution in [2.75, 3.05) is 29.1 Å². The second kappa shape index (κ2) is 7.95. The van der Waals surface area contributed by atoms with Gasteiger partial charge in [-0.2, -0.15) is 10.1 Å². The Hall–Kier alpha value is -3.53. The number of aromatic nitrogens is 4. The summed E-state index contributed by atoms with van der Waals surface area (Å²) in [6, 6.07) is 5.78. The lowest BCUT2D eigenvalue weighted by atomic mass is 9.96. The minimum absolute atomic E-state index is 0.0913. The van der Waals surface area contributed by atoms with Gasteiger partial charge >= 0.3 is 0 Å². The highest BCUT2D eigenvalue weighted by Gasteiger charge is 2.25. The molecule has 0 spiro atoms. The molecule has 3 aromatic rings. The van der Waals surface area contributed by atoms with Crippen molar-refractivity contribution < 1.29 is 14.3 Å². The lowest BCUT2D eigenvalue weighted by Gasteiger charge is -2.27. The molecular weight excluding hydrogens is 401 g/mol. The van der Waals surface area contributed by atoms with Crippen LogP contribution in [0.2, 0.25) is 0 Å². The van der Waals surface area contributed by atoms with Gasteiger partial charge in [-0.25, -0.2) is 9.37 Å². The molecule has 9 nitrogen and oxygen atoms in total. The van der Waals surface area contributed by atoms with Crippen LogP contribution in [0.4, 0.5) is 21.8 Å². The van der Waals surface area contributed by atoms with Crippen LogP contribution in [0.1, 0.15) is 23.7 Å². The molecule has 0 saturated heterocycles. The van der Waals surface area contributed by atoms with Crippen LogP contribution in [0.5, 0.6) is 0 Å². The monoisotopic (exact) mass is 425 g/mol. The summed E-state index contributed by atoms with van der Waals surface area (Å²) < 4.78 is 14.8. The summed E-state index contributed by atoms with van der Waals surface area (Å²) in [4.78, 5) is 22.4. The van der Waals surface area contributed by atoms with Crippen molar-refractivity contribution in [1.29, 1.82) is 0 Å². The van der Waals surface area contributed by atoms with Crippen LogP contribution in [0.15, 0.2) is 36.7 Å². The third kappa shape index (κ3) is 4.48. The fourth-order valence-corrected chi connectivity index (χ4v) is 3.51. The Labute approximate surface area is 178 Å². The summed E-state index contributed by atoms with van der Waals surface area (Å²) in [5.74, 6) is 0.678. The smallest absolute Gasteiger partial charge is 0.244 e. The lowest BCUT2D eigenvalue weighted by Crippen LogP contribution is -2.36. The van der Waals surface area contributed by atoms with E-state index in [1.54, 1.807) is 34.8 Å². The van der Waals surface area contributed by atoms with Gasteiger partial charge in [0.15, 0.2) is 5.82 Å². The van der Waals surface area contributed by atoms with Crippen LogP contribution in [0.3, 0.4) is 0 Å². The Morgan fingerprint density at radius 2 is 2.03 bits per heavy atom. The fraction of sp³-hybridized carbons (Fsp3) is 0.333. The molecular formula is C21H24FN7O2. The molecule has 1 aromatic carbocycles. The van der Waals surface area contributed by atoms with Gasteiger partial charge < -0.3 is 20.6 Å². The number of anilines is 3. The fourth-order valence-electron chi connectivity index (χ4n) is 3.51. The van der Waals surface area contributed by atoms with Crippen LogP contribution in [0.25, 0.3) is 0 Å². The van der Waals surface area contributed by atoms with Crippen molar-refractivity contribution in [3.63, 3.8) is 0 Å². The number of benzene rings is 1. The molecule has 162 valence electrons. The average molecular weight is 425 g/mol. The van der Waals surface area contributed by atoms with E-state index in [1.807, 2.05) is 20.2 Å². The summed E-state index contributed by atoms with van der Waals surface area (Å²) >= 11 is 0. The van der Waals surface area contributed by atoms with Crippen molar-refractivity contribution in [3.05, 3.63) is 59.3 Å². The van der Waals surface area contributed by atoms with Crippen LogP contribution >= 0.6 is 0 Å². The second-order valence-electron chi connectivity index (χ2n) is 7.92. The highest BCUT2D eigenvalue weighted by atomic mass is 19.1. The minimum Gasteiger partial charge on any atom is -0.384 e. The number of aryl methyl sites for hydroxylation is 1. The Morgan fingerprint density at radius 3 is 2.77 bits per heavy atom. The highest BCUT2D eigenvalue weighted by molar-refractivity contribution is 6.00. The molecule has 3 heterocycles. The molecule has 1 amide bonds. The normalized spacial score (nSPS) is 15.3. The number of hydrogen-bond donors (Lipinski definition) is 3. The van der Waals surface area contributed by atoms with Crippen LogP contribution in [-0.2, 0) is 23.5 Å². The standard InChI is InChI=1S/C21H24FN7O2/c1-13-18-19(28(3)11-17(30)26-18)27-20(25-13)23-8-14-9-24-29(10-14)12-21(2,31)15-4-6-16(22)7-5-15/h4-7,9-10,31H,8,11-12H2,1-3H3,(H,26,30)(H,23,25,27). The van der Waals surface area contributed by atoms with E-state index in [4.69, 9.17) is 0 Å². The van der Waals surface area contributed by atoms with E-state index in [9.17, 15) is 14.3 Å². The predicted octanol–water partition coefficient (Wildman–Crippen LogP) is 2.03. The first-order valence-electron chi connectivity index (χ1n) is 9.84. The van der Waals surface area contributed by atoms with Gasteiger partial charge in [0, 0.05) is 25.4 Å². The van der Waals surface area contributed by atoms with Crippen LogP contribution in [-0.4, -0.2) is 44.4 Å². The number of amides is 1. The molecule has 1 aliphatic heterocycles. The van der Waals surface area contributed by atoms with Gasteiger partial charge in [0.05, 0.1) is 25.0 Å². The molecule has 3 N–H and O–H groups in total. The minimum atomic E-state index is -1.20. The van der Waals surface area contributed by atoms with E-state index in [0.717, 1.165) is 5.56 Å². The number of carbonyl (C=O) groups excluding carboxylic acids is 1. The first-order valence-corrected chi connectivity index (χ1v) is 9.84. The Morgan fingerprint density at radius 1 is 1.29 bits per heavy atom. The predicted molar refractivity (Wildman–Crippen MR) is 114 cm³/mol. The van der Waals surface area contributed by atoms with Crippen molar-refractivity contribution >= 4 is 23.4 Å². The molecule has 10 heteroatoms. The van der Waals surface area contributed by atoms with E-state index in [-0.39, 0.29) is 24.8 Å². The molecule has 0 saturated carbocycles. The van der Waals surface area contributed by atoms with Gasteiger partial charge in [-0.05, 0) is 31.5 Å². The van der Waals surface area contributed by atoms with Gasteiger partial charge in [0.1, 0.15) is 17.1 Å². The molecule has 0 fully saturated rings. The molecule has 0 bridgehead atoms. The number of carbonyl (C=O) groups is 1. The zero-order valence-electron chi connectivity index (χ0n) is 17.6. The SMILES string of the molecule is Cc1nc(NCc2cnn(CC(C)(O)c3ccc(F)cc3)c2)nc2c1NC(=O)CN2C. The van der Waals surface area contributed by atoms with E-state index in [0.29, 0.717) is 35.3 Å². The number of rotatable bonds is 6. The summed E-state index contributed by atoms with van der Waals surface area (Å²) in [7, 11) is 1.81. The number of nitrogens with zero attached hydrogens (tertiary/aromatic N) is 5. The van der Waals surface area contributed by atoms with Crippen LogP contribution in [0, 0.1) is 12.7 Å². The van der Waals surface area contributed by atoms with Crippen molar-refractivity contribution in [3.8, 4) is 0 Å². The molecule has 1 atom stereocenters. The van der Waals surface area contributed by atoms with E-state index >= 15 is 0 Å². The molecule has 1 aliphatic rings. The molecule has 0 radical (unpaired) electrons. The first kappa shape index (κ1) is 20.7. The van der Waals surface area contributed by atoms with E-state index in [1.165, 1.54) is 12.1 Å². The lowest BCUT2D eigenvalue weighted by molar-refractivity contribution is -0.115. The second-order valence-corrected chi connectivity index (χ2v) is 7.92. The quantitative estimate of drug-likeness (QED) is 0.555. The van der Waals surface area contributed by atoms with Gasteiger partial charge in [-0.1, -0.05) is 12.1 Å². The van der Waals surface area contributed by atoms with Gasteiger partial charge in [-0.3, -0.25) is 9.48 Å². The van der Waals surface area contributed by atoms with Crippen molar-refractivity contribution in [1.82, 2.24) is 19.7 Å². The number of hydrogen-bond acceptors (Lipinski definition) is 7. The molecule has 1 unspecified atom stereocenters. The maximum Gasteiger partial charge on any atom is 0.244 e. The van der Waals surface area contributed by atoms with Gasteiger partial charge in [0.25, 0.3) is 0 Å². The molecule has 2 aromatic heterocycles. The van der Waals surface area contributed by atoms with Crippen molar-refractivity contribution in [2.24, 2.45) is 0 Å².